The summed E-state index contributed by atoms with van der Waals surface area (Å²) in [6.07, 6.45) is 0. The van der Waals surface area contributed by atoms with Crippen molar-refractivity contribution in [2.75, 3.05) is 40.0 Å². The van der Waals surface area contributed by atoms with Crippen molar-refractivity contribution in [3.05, 3.63) is 29.8 Å². The van der Waals surface area contributed by atoms with Gasteiger partial charge in [-0.1, -0.05) is 25.1 Å². The van der Waals surface area contributed by atoms with E-state index in [1.807, 2.05) is 12.1 Å². The molecule has 2 rings (SSSR count). The predicted molar refractivity (Wildman–Crippen MR) is 85.9 cm³/mol. The number of nitrogens with one attached hydrogen (secondary N) is 1. The topological polar surface area (TPSA) is 33.7 Å². The molecule has 1 unspecified atom stereocenters. The Morgan fingerprint density at radius 3 is 2.57 bits per heavy atom. The number of nitrogens with zero attached hydrogens (tertiary/aromatic N) is 1. The number of hydrogen-bond acceptors (Lipinski definition) is 4. The third-order valence-corrected chi connectivity index (χ3v) is 4.39. The van der Waals surface area contributed by atoms with Gasteiger partial charge in [-0.05, 0) is 26.5 Å². The zero-order valence-electron chi connectivity index (χ0n) is 13.7. The van der Waals surface area contributed by atoms with Crippen LogP contribution in [-0.4, -0.2) is 50.4 Å². The molecule has 1 aromatic rings. The van der Waals surface area contributed by atoms with E-state index in [1.54, 1.807) is 7.11 Å². The predicted octanol–water partition coefficient (Wildman–Crippen LogP) is 2.46. The van der Waals surface area contributed by atoms with Gasteiger partial charge in [0.25, 0.3) is 0 Å². The number of ether oxygens (including phenoxy) is 2. The summed E-state index contributed by atoms with van der Waals surface area (Å²) in [5.74, 6) is 0.949. The fraction of sp³-hybridized carbons (Fsp3) is 0.647. The number of rotatable bonds is 6. The van der Waals surface area contributed by atoms with Crippen LogP contribution < -0.4 is 10.1 Å². The molecule has 1 aliphatic heterocycles. The number of morpholine rings is 1. The molecule has 1 N–H and O–H groups in total. The minimum atomic E-state index is -0.00553. The summed E-state index contributed by atoms with van der Waals surface area (Å²) in [5, 5.41) is 3.65. The number of hydrogen-bond donors (Lipinski definition) is 1. The van der Waals surface area contributed by atoms with Crippen molar-refractivity contribution in [2.24, 2.45) is 0 Å². The van der Waals surface area contributed by atoms with Crippen LogP contribution in [-0.2, 0) is 4.74 Å². The molecule has 1 heterocycles. The third kappa shape index (κ3) is 3.57. The van der Waals surface area contributed by atoms with Crippen LogP contribution >= 0.6 is 0 Å². The van der Waals surface area contributed by atoms with Gasteiger partial charge < -0.3 is 14.8 Å². The van der Waals surface area contributed by atoms with Gasteiger partial charge in [0.1, 0.15) is 5.75 Å². The van der Waals surface area contributed by atoms with E-state index >= 15 is 0 Å². The fourth-order valence-electron chi connectivity index (χ4n) is 3.17. The van der Waals surface area contributed by atoms with Crippen LogP contribution in [0.25, 0.3) is 0 Å². The lowest BCUT2D eigenvalue weighted by Gasteiger charge is -2.46. The molecule has 4 heteroatoms. The van der Waals surface area contributed by atoms with Crippen molar-refractivity contribution >= 4 is 0 Å². The molecule has 0 aromatic heterocycles. The van der Waals surface area contributed by atoms with Gasteiger partial charge in [-0.15, -0.1) is 0 Å². The van der Waals surface area contributed by atoms with Gasteiger partial charge in [0.2, 0.25) is 0 Å². The minimum Gasteiger partial charge on any atom is -0.496 e. The Morgan fingerprint density at radius 2 is 1.95 bits per heavy atom. The van der Waals surface area contributed by atoms with Crippen molar-refractivity contribution in [2.45, 2.75) is 32.4 Å². The SMILES string of the molecule is CCNC(c1ccccc1OC)C(C)(C)N1CCOCC1. The molecule has 4 nitrogen and oxygen atoms in total. The largest absolute Gasteiger partial charge is 0.496 e. The quantitative estimate of drug-likeness (QED) is 0.873. The molecule has 1 aliphatic rings. The third-order valence-electron chi connectivity index (χ3n) is 4.39. The highest BCUT2D eigenvalue weighted by Gasteiger charge is 2.37. The van der Waals surface area contributed by atoms with Gasteiger partial charge in [0, 0.05) is 24.2 Å². The summed E-state index contributed by atoms with van der Waals surface area (Å²) < 4.78 is 11.1. The van der Waals surface area contributed by atoms with Crippen LogP contribution in [0.4, 0.5) is 0 Å². The van der Waals surface area contributed by atoms with Crippen molar-refractivity contribution in [3.63, 3.8) is 0 Å². The first kappa shape index (κ1) is 16.3. The molecule has 1 atom stereocenters. The molecule has 21 heavy (non-hydrogen) atoms. The minimum absolute atomic E-state index is 0.00553. The van der Waals surface area contributed by atoms with Crippen LogP contribution in [0.2, 0.25) is 0 Å². The molecule has 0 amide bonds. The molecule has 0 radical (unpaired) electrons. The first-order valence-corrected chi connectivity index (χ1v) is 7.80. The molecule has 0 saturated carbocycles. The van der Waals surface area contributed by atoms with E-state index in [0.717, 1.165) is 38.6 Å². The monoisotopic (exact) mass is 292 g/mol. The Bertz CT molecular complexity index is 442. The number of para-hydroxylation sites is 1. The molecule has 0 aliphatic carbocycles. The van der Waals surface area contributed by atoms with E-state index < -0.39 is 0 Å². The summed E-state index contributed by atoms with van der Waals surface area (Å²) in [4.78, 5) is 2.51. The Labute approximate surface area is 128 Å². The normalized spacial score (nSPS) is 18.5. The maximum absolute atomic E-state index is 5.57. The average molecular weight is 292 g/mol. The highest BCUT2D eigenvalue weighted by atomic mass is 16.5. The first-order chi connectivity index (χ1) is 10.1. The van der Waals surface area contributed by atoms with E-state index in [-0.39, 0.29) is 11.6 Å². The van der Waals surface area contributed by atoms with Gasteiger partial charge in [0.15, 0.2) is 0 Å². The Morgan fingerprint density at radius 1 is 1.29 bits per heavy atom. The van der Waals surface area contributed by atoms with Gasteiger partial charge in [-0.2, -0.15) is 0 Å². The van der Waals surface area contributed by atoms with Gasteiger partial charge in [-0.3, -0.25) is 4.90 Å². The molecule has 118 valence electrons. The van der Waals surface area contributed by atoms with Crippen molar-refractivity contribution in [3.8, 4) is 5.75 Å². The summed E-state index contributed by atoms with van der Waals surface area (Å²) in [6, 6.07) is 8.52. The van der Waals surface area contributed by atoms with Gasteiger partial charge >= 0.3 is 0 Å². The van der Waals surface area contributed by atoms with E-state index in [1.165, 1.54) is 5.56 Å². The lowest BCUT2D eigenvalue weighted by molar-refractivity contribution is -0.0238. The summed E-state index contributed by atoms with van der Waals surface area (Å²) in [6.45, 7) is 11.3. The van der Waals surface area contributed by atoms with Crippen molar-refractivity contribution in [1.82, 2.24) is 10.2 Å². The van der Waals surface area contributed by atoms with Crippen LogP contribution in [0.15, 0.2) is 24.3 Å². The van der Waals surface area contributed by atoms with Crippen LogP contribution in [0, 0.1) is 0 Å². The van der Waals surface area contributed by atoms with Crippen molar-refractivity contribution in [1.29, 1.82) is 0 Å². The molecule has 1 fully saturated rings. The lowest BCUT2D eigenvalue weighted by Crippen LogP contribution is -2.56. The van der Waals surface area contributed by atoms with E-state index in [2.05, 4.69) is 43.1 Å². The second-order valence-corrected chi connectivity index (χ2v) is 5.99. The molecular weight excluding hydrogens is 264 g/mol. The maximum Gasteiger partial charge on any atom is 0.123 e. The second-order valence-electron chi connectivity index (χ2n) is 5.99. The zero-order chi connectivity index (χ0) is 15.3. The Balaban J connectivity index is 2.32. The smallest absolute Gasteiger partial charge is 0.123 e. The van der Waals surface area contributed by atoms with Crippen LogP contribution in [0.5, 0.6) is 5.75 Å². The molecule has 1 aromatic carbocycles. The van der Waals surface area contributed by atoms with Crippen LogP contribution in [0.3, 0.4) is 0 Å². The highest BCUT2D eigenvalue weighted by Crippen LogP contribution is 2.36. The van der Waals surface area contributed by atoms with Gasteiger partial charge in [-0.25, -0.2) is 0 Å². The second kappa shape index (κ2) is 7.25. The molecule has 1 saturated heterocycles. The standard InChI is InChI=1S/C17H28N2O2/c1-5-18-16(14-8-6-7-9-15(14)20-4)17(2,3)19-10-12-21-13-11-19/h6-9,16,18H,5,10-13H2,1-4H3. The maximum atomic E-state index is 5.57. The first-order valence-electron chi connectivity index (χ1n) is 7.80. The zero-order valence-corrected chi connectivity index (χ0v) is 13.7. The lowest BCUT2D eigenvalue weighted by atomic mass is 9.86. The Kier molecular flexibility index (Phi) is 5.62. The molecular formula is C17H28N2O2. The summed E-state index contributed by atoms with van der Waals surface area (Å²) in [7, 11) is 1.74. The summed E-state index contributed by atoms with van der Waals surface area (Å²) in [5.41, 5.74) is 1.22. The average Bonchev–Trinajstić information content (AvgIpc) is 2.53. The number of benzene rings is 1. The van der Waals surface area contributed by atoms with Crippen molar-refractivity contribution < 1.29 is 9.47 Å². The Hall–Kier alpha value is -1.10. The van der Waals surface area contributed by atoms with Crippen LogP contribution in [0.1, 0.15) is 32.4 Å². The molecule has 0 bridgehead atoms. The van der Waals surface area contributed by atoms with Gasteiger partial charge in [0.05, 0.1) is 26.4 Å². The summed E-state index contributed by atoms with van der Waals surface area (Å²) >= 11 is 0. The van der Waals surface area contributed by atoms with E-state index in [4.69, 9.17) is 9.47 Å². The van der Waals surface area contributed by atoms with E-state index in [9.17, 15) is 0 Å². The highest BCUT2D eigenvalue weighted by molar-refractivity contribution is 5.37. The van der Waals surface area contributed by atoms with E-state index in [0.29, 0.717) is 0 Å². The fourth-order valence-corrected chi connectivity index (χ4v) is 3.17. The number of methoxy groups -OCH3 is 1. The molecule has 0 spiro atoms. The number of likely N-dealkylation sites (N-methyl/N-ethyl adjacent to an activating group) is 1.